The molecule has 0 spiro atoms. The van der Waals surface area contributed by atoms with Gasteiger partial charge in [0, 0.05) is 34.5 Å². The maximum atomic E-state index is 13.9. The number of ketones is 1. The van der Waals surface area contributed by atoms with E-state index in [4.69, 9.17) is 0 Å². The molecule has 0 bridgehead atoms. The van der Waals surface area contributed by atoms with E-state index in [0.29, 0.717) is 0 Å². The molecule has 3 aliphatic rings. The number of imide groups is 1. The number of hydrogen-bond acceptors (Lipinski definition) is 6. The van der Waals surface area contributed by atoms with Gasteiger partial charge in [0.1, 0.15) is 6.04 Å². The second kappa shape index (κ2) is 7.35. The van der Waals surface area contributed by atoms with E-state index in [9.17, 15) is 24.5 Å². The first-order chi connectivity index (χ1) is 16.0. The maximum Gasteiger partial charge on any atom is 0.269 e. The zero-order valence-electron chi connectivity index (χ0n) is 19.4. The minimum atomic E-state index is -0.897. The number of benzene rings is 2. The number of fused-ring (bicyclic) bond motifs is 5. The highest BCUT2D eigenvalue weighted by atomic mass is 16.6. The number of nitro benzene ring substituents is 1. The molecular weight excluding hydrogens is 434 g/mol. The highest BCUT2D eigenvalue weighted by Crippen LogP contribution is 2.51. The smallest absolute Gasteiger partial charge is 0.269 e. The van der Waals surface area contributed by atoms with Crippen LogP contribution < -0.4 is 4.90 Å². The molecule has 0 saturated carbocycles. The van der Waals surface area contributed by atoms with Gasteiger partial charge in [-0.3, -0.25) is 29.4 Å². The van der Waals surface area contributed by atoms with Gasteiger partial charge < -0.3 is 4.90 Å². The van der Waals surface area contributed by atoms with Crippen LogP contribution in [0.5, 0.6) is 0 Å². The molecule has 8 nitrogen and oxygen atoms in total. The maximum absolute atomic E-state index is 13.9. The molecule has 2 aromatic carbocycles. The van der Waals surface area contributed by atoms with Crippen molar-refractivity contribution in [3.63, 3.8) is 0 Å². The number of nitro groups is 1. The Morgan fingerprint density at radius 1 is 0.971 bits per heavy atom. The Labute approximate surface area is 197 Å². The van der Waals surface area contributed by atoms with Gasteiger partial charge in [-0.1, -0.05) is 24.3 Å². The van der Waals surface area contributed by atoms with E-state index in [1.807, 2.05) is 62.9 Å². The summed E-state index contributed by atoms with van der Waals surface area (Å²) in [5, 5.41) is 11.1. The first-order valence-electron chi connectivity index (χ1n) is 11.2. The SMILES string of the molecule is CC1=C[C@@H]2[C@H]3C(=O)N(C(C)(C)C)C(=O)[C@@H]3[C@@H](C(=O)c3ccc([N+](=O)[O-])cc3)N2c2ccccc21. The quantitative estimate of drug-likeness (QED) is 0.299. The molecule has 3 aliphatic heterocycles. The van der Waals surface area contributed by atoms with Gasteiger partial charge in [-0.2, -0.15) is 0 Å². The summed E-state index contributed by atoms with van der Waals surface area (Å²) in [5.41, 5.74) is 2.20. The molecule has 174 valence electrons. The van der Waals surface area contributed by atoms with E-state index in [0.717, 1.165) is 16.8 Å². The predicted molar refractivity (Wildman–Crippen MR) is 126 cm³/mol. The summed E-state index contributed by atoms with van der Waals surface area (Å²) in [4.78, 5) is 55.0. The summed E-state index contributed by atoms with van der Waals surface area (Å²) < 4.78 is 0. The van der Waals surface area contributed by atoms with Gasteiger partial charge in [-0.15, -0.1) is 0 Å². The third-order valence-corrected chi connectivity index (χ3v) is 7.06. The molecule has 2 saturated heterocycles. The Morgan fingerprint density at radius 3 is 2.21 bits per heavy atom. The number of carbonyl (C=O) groups excluding carboxylic acids is 3. The van der Waals surface area contributed by atoms with E-state index in [-0.39, 0.29) is 28.8 Å². The third-order valence-electron chi connectivity index (χ3n) is 7.06. The number of Topliss-reactive ketones (excluding diaryl/α,β-unsaturated/α-hetero) is 1. The average Bonchev–Trinajstić information content (AvgIpc) is 3.26. The van der Waals surface area contributed by atoms with Gasteiger partial charge in [0.05, 0.1) is 22.8 Å². The average molecular weight is 460 g/mol. The molecular formula is C26H25N3O5. The molecule has 0 N–H and O–H groups in total. The molecule has 2 aromatic rings. The molecule has 8 heteroatoms. The Morgan fingerprint density at radius 2 is 1.59 bits per heavy atom. The number of para-hydroxylation sites is 1. The van der Waals surface area contributed by atoms with Crippen molar-refractivity contribution < 1.29 is 19.3 Å². The molecule has 4 atom stereocenters. The summed E-state index contributed by atoms with van der Waals surface area (Å²) in [6.45, 7) is 7.41. The molecule has 0 radical (unpaired) electrons. The van der Waals surface area contributed by atoms with E-state index >= 15 is 0 Å². The molecule has 0 aromatic heterocycles. The van der Waals surface area contributed by atoms with Crippen molar-refractivity contribution in [1.82, 2.24) is 4.90 Å². The molecule has 34 heavy (non-hydrogen) atoms. The van der Waals surface area contributed by atoms with E-state index < -0.39 is 34.4 Å². The lowest BCUT2D eigenvalue weighted by atomic mass is 9.85. The lowest BCUT2D eigenvalue weighted by molar-refractivity contribution is -0.384. The summed E-state index contributed by atoms with van der Waals surface area (Å²) in [6.07, 6.45) is 1.99. The Balaban J connectivity index is 1.67. The van der Waals surface area contributed by atoms with E-state index in [2.05, 4.69) is 0 Å². The van der Waals surface area contributed by atoms with Gasteiger partial charge in [0.2, 0.25) is 11.8 Å². The largest absolute Gasteiger partial charge is 0.352 e. The number of anilines is 1. The Hall–Kier alpha value is -3.81. The van der Waals surface area contributed by atoms with Crippen molar-refractivity contribution >= 4 is 34.5 Å². The van der Waals surface area contributed by atoms with Gasteiger partial charge in [0.15, 0.2) is 5.78 Å². The third kappa shape index (κ3) is 3.01. The fraction of sp³-hybridized carbons (Fsp3) is 0.346. The minimum absolute atomic E-state index is 0.119. The molecule has 0 aliphatic carbocycles. The van der Waals surface area contributed by atoms with Crippen molar-refractivity contribution in [2.75, 3.05) is 4.90 Å². The Bertz CT molecular complexity index is 1270. The number of carbonyl (C=O) groups is 3. The van der Waals surface area contributed by atoms with E-state index in [1.165, 1.54) is 29.2 Å². The van der Waals surface area contributed by atoms with Crippen LogP contribution in [0.4, 0.5) is 11.4 Å². The van der Waals surface area contributed by atoms with Gasteiger partial charge in [-0.05, 0) is 51.5 Å². The molecule has 2 fully saturated rings. The number of hydrogen-bond donors (Lipinski definition) is 0. The van der Waals surface area contributed by atoms with Crippen molar-refractivity contribution in [1.29, 1.82) is 0 Å². The summed E-state index contributed by atoms with van der Waals surface area (Å²) in [7, 11) is 0. The fourth-order valence-electron chi connectivity index (χ4n) is 5.68. The molecule has 2 amide bonds. The van der Waals surface area contributed by atoms with Crippen LogP contribution in [0.15, 0.2) is 54.6 Å². The van der Waals surface area contributed by atoms with Crippen molar-refractivity contribution in [2.24, 2.45) is 11.8 Å². The Kier molecular flexibility index (Phi) is 4.76. The van der Waals surface area contributed by atoms with Crippen LogP contribution >= 0.6 is 0 Å². The van der Waals surface area contributed by atoms with Gasteiger partial charge in [-0.25, -0.2) is 0 Å². The van der Waals surface area contributed by atoms with Crippen LogP contribution in [0, 0.1) is 22.0 Å². The number of nitrogens with zero attached hydrogens (tertiary/aromatic N) is 3. The number of amides is 2. The predicted octanol–water partition coefficient (Wildman–Crippen LogP) is 3.85. The first-order valence-corrected chi connectivity index (χ1v) is 11.2. The fourth-order valence-corrected chi connectivity index (χ4v) is 5.68. The highest BCUT2D eigenvalue weighted by molar-refractivity contribution is 6.14. The molecule has 5 rings (SSSR count). The topological polar surface area (TPSA) is 101 Å². The summed E-state index contributed by atoms with van der Waals surface area (Å²) >= 11 is 0. The second-order valence-corrected chi connectivity index (χ2v) is 10.1. The zero-order chi connectivity index (χ0) is 24.5. The first kappa shape index (κ1) is 22.0. The second-order valence-electron chi connectivity index (χ2n) is 10.1. The number of likely N-dealkylation sites (tertiary alicyclic amines) is 1. The lowest BCUT2D eigenvalue weighted by Gasteiger charge is -2.39. The van der Waals surface area contributed by atoms with Crippen molar-refractivity contribution in [2.45, 2.75) is 45.3 Å². The van der Waals surface area contributed by atoms with Gasteiger partial charge >= 0.3 is 0 Å². The molecule has 0 unspecified atom stereocenters. The van der Waals surface area contributed by atoms with Gasteiger partial charge in [0.25, 0.3) is 5.69 Å². The lowest BCUT2D eigenvalue weighted by Crippen LogP contribution is -2.52. The van der Waals surface area contributed by atoms with Crippen LogP contribution in [-0.4, -0.2) is 45.0 Å². The van der Waals surface area contributed by atoms with E-state index in [1.54, 1.807) is 0 Å². The van der Waals surface area contributed by atoms with Crippen LogP contribution in [0.1, 0.15) is 43.6 Å². The van der Waals surface area contributed by atoms with Crippen LogP contribution in [0.2, 0.25) is 0 Å². The molecule has 3 heterocycles. The van der Waals surface area contributed by atoms with Crippen LogP contribution in [-0.2, 0) is 9.59 Å². The summed E-state index contributed by atoms with van der Waals surface area (Å²) in [5.74, 6) is -2.45. The number of non-ortho nitro benzene ring substituents is 1. The normalized spacial score (nSPS) is 25.6. The van der Waals surface area contributed by atoms with Crippen molar-refractivity contribution in [3.8, 4) is 0 Å². The van der Waals surface area contributed by atoms with Crippen LogP contribution in [0.25, 0.3) is 5.57 Å². The number of rotatable bonds is 3. The summed E-state index contributed by atoms with van der Waals surface area (Å²) in [6, 6.07) is 11.7. The zero-order valence-corrected chi connectivity index (χ0v) is 19.4. The minimum Gasteiger partial charge on any atom is -0.352 e. The van der Waals surface area contributed by atoms with Crippen molar-refractivity contribution in [3.05, 3.63) is 75.8 Å². The monoisotopic (exact) mass is 459 g/mol. The number of allylic oxidation sites excluding steroid dienone is 1. The standard InChI is InChI=1S/C26H25N3O5/c1-14-13-19-20-21(25(32)28(24(20)31)26(2,3)4)22(27(19)18-8-6-5-7-17(14)18)23(30)15-9-11-16(12-10-15)29(33)34/h5-13,19-22H,1-4H3/t19-,20-,21+,22+/m1/s1. The highest BCUT2D eigenvalue weighted by Gasteiger charge is 2.65. The van der Waals surface area contributed by atoms with Crippen LogP contribution in [0.3, 0.4) is 0 Å².